The topological polar surface area (TPSA) is 70.9 Å². The molecule has 1 unspecified atom stereocenters. The molecule has 0 aliphatic rings. The van der Waals surface area contributed by atoms with Crippen molar-refractivity contribution in [1.29, 1.82) is 0 Å². The minimum absolute atomic E-state index is 0.126. The molecule has 0 fully saturated rings. The van der Waals surface area contributed by atoms with E-state index in [0.717, 1.165) is 29.3 Å². The molecular weight excluding hydrogens is 290 g/mol. The van der Waals surface area contributed by atoms with Crippen LogP contribution in [0.25, 0.3) is 11.3 Å². The summed E-state index contributed by atoms with van der Waals surface area (Å²) in [4.78, 5) is 20.0. The van der Waals surface area contributed by atoms with Gasteiger partial charge in [0.05, 0.1) is 12.3 Å². The highest BCUT2D eigenvalue weighted by Crippen LogP contribution is 2.21. The number of H-pyrrole nitrogens is 1. The maximum absolute atomic E-state index is 12.5. The second-order valence-corrected chi connectivity index (χ2v) is 5.44. The van der Waals surface area contributed by atoms with Crippen molar-refractivity contribution in [2.24, 2.45) is 0 Å². The van der Waals surface area contributed by atoms with Crippen LogP contribution in [-0.4, -0.2) is 15.9 Å². The van der Waals surface area contributed by atoms with E-state index in [-0.39, 0.29) is 11.9 Å². The zero-order valence-electron chi connectivity index (χ0n) is 13.2. The van der Waals surface area contributed by atoms with Gasteiger partial charge in [-0.05, 0) is 37.6 Å². The molecule has 0 bridgehead atoms. The van der Waals surface area contributed by atoms with Gasteiger partial charge in [0.2, 0.25) is 0 Å². The standard InChI is InChI=1S/C18H19N3O2/c1-3-15(17-19-11-12(2)20-17)21-18(22)14-7-4-6-13(10-14)16-8-5-9-23-16/h4-11,15H,3H2,1-2H3,(H,19,20)(H,21,22). The minimum Gasteiger partial charge on any atom is -0.464 e. The molecule has 0 saturated carbocycles. The van der Waals surface area contributed by atoms with Crippen LogP contribution in [0.3, 0.4) is 0 Å². The zero-order valence-corrected chi connectivity index (χ0v) is 13.2. The van der Waals surface area contributed by atoms with Crippen LogP contribution < -0.4 is 5.32 Å². The fourth-order valence-electron chi connectivity index (χ4n) is 2.47. The monoisotopic (exact) mass is 309 g/mol. The van der Waals surface area contributed by atoms with Crippen molar-refractivity contribution in [3.63, 3.8) is 0 Å². The Balaban J connectivity index is 1.79. The highest BCUT2D eigenvalue weighted by Gasteiger charge is 2.17. The van der Waals surface area contributed by atoms with Crippen LogP contribution in [0.15, 0.2) is 53.3 Å². The van der Waals surface area contributed by atoms with E-state index in [0.29, 0.717) is 5.56 Å². The fraction of sp³-hybridized carbons (Fsp3) is 0.222. The molecule has 1 amide bonds. The van der Waals surface area contributed by atoms with Gasteiger partial charge in [-0.2, -0.15) is 0 Å². The lowest BCUT2D eigenvalue weighted by Crippen LogP contribution is -2.28. The summed E-state index contributed by atoms with van der Waals surface area (Å²) in [6.45, 7) is 3.96. The summed E-state index contributed by atoms with van der Waals surface area (Å²) >= 11 is 0. The van der Waals surface area contributed by atoms with Gasteiger partial charge in [-0.1, -0.05) is 19.1 Å². The van der Waals surface area contributed by atoms with E-state index in [2.05, 4.69) is 15.3 Å². The molecule has 3 aromatic rings. The maximum atomic E-state index is 12.5. The second kappa shape index (κ2) is 6.52. The summed E-state index contributed by atoms with van der Waals surface area (Å²) in [6, 6.07) is 11.0. The number of carbonyl (C=O) groups is 1. The van der Waals surface area contributed by atoms with Crippen molar-refractivity contribution in [3.05, 3.63) is 65.9 Å². The van der Waals surface area contributed by atoms with E-state index in [9.17, 15) is 4.79 Å². The number of aryl methyl sites for hydroxylation is 1. The summed E-state index contributed by atoms with van der Waals surface area (Å²) in [5.74, 6) is 1.40. The number of hydrogen-bond donors (Lipinski definition) is 2. The predicted molar refractivity (Wildman–Crippen MR) is 88.0 cm³/mol. The summed E-state index contributed by atoms with van der Waals surface area (Å²) in [7, 11) is 0. The van der Waals surface area contributed by atoms with E-state index in [1.54, 1.807) is 18.5 Å². The van der Waals surface area contributed by atoms with Crippen LogP contribution in [-0.2, 0) is 0 Å². The summed E-state index contributed by atoms with van der Waals surface area (Å²) in [5.41, 5.74) is 2.46. The molecule has 1 aromatic carbocycles. The van der Waals surface area contributed by atoms with E-state index >= 15 is 0 Å². The lowest BCUT2D eigenvalue weighted by atomic mass is 10.1. The van der Waals surface area contributed by atoms with Crippen LogP contribution in [0.2, 0.25) is 0 Å². The predicted octanol–water partition coefficient (Wildman–Crippen LogP) is 3.86. The van der Waals surface area contributed by atoms with Crippen molar-refractivity contribution < 1.29 is 9.21 Å². The molecule has 0 radical (unpaired) electrons. The number of rotatable bonds is 5. The molecule has 2 N–H and O–H groups in total. The third kappa shape index (κ3) is 3.34. The Morgan fingerprint density at radius 3 is 2.87 bits per heavy atom. The average molecular weight is 309 g/mol. The number of imidazole rings is 1. The summed E-state index contributed by atoms with van der Waals surface area (Å²) in [5, 5.41) is 3.02. The van der Waals surface area contributed by atoms with Crippen molar-refractivity contribution in [2.45, 2.75) is 26.3 Å². The van der Waals surface area contributed by atoms with Crippen molar-refractivity contribution in [1.82, 2.24) is 15.3 Å². The number of furan rings is 1. The molecule has 5 nitrogen and oxygen atoms in total. The number of carbonyl (C=O) groups excluding carboxylic acids is 1. The average Bonchev–Trinajstić information content (AvgIpc) is 3.24. The third-order valence-corrected chi connectivity index (χ3v) is 3.70. The first-order valence-electron chi connectivity index (χ1n) is 7.63. The lowest BCUT2D eigenvalue weighted by Gasteiger charge is -2.15. The highest BCUT2D eigenvalue weighted by atomic mass is 16.3. The number of nitrogens with one attached hydrogen (secondary N) is 2. The number of hydrogen-bond acceptors (Lipinski definition) is 3. The van der Waals surface area contributed by atoms with Gasteiger partial charge in [-0.15, -0.1) is 0 Å². The number of amides is 1. The number of benzene rings is 1. The first-order valence-corrected chi connectivity index (χ1v) is 7.63. The van der Waals surface area contributed by atoms with Crippen LogP contribution >= 0.6 is 0 Å². The van der Waals surface area contributed by atoms with Gasteiger partial charge < -0.3 is 14.7 Å². The van der Waals surface area contributed by atoms with Gasteiger partial charge in [0, 0.05) is 23.0 Å². The first-order chi connectivity index (χ1) is 11.2. The molecule has 23 heavy (non-hydrogen) atoms. The van der Waals surface area contributed by atoms with Gasteiger partial charge in [0.25, 0.3) is 5.91 Å². The molecule has 0 aliphatic heterocycles. The van der Waals surface area contributed by atoms with Crippen LogP contribution in [0, 0.1) is 6.92 Å². The fourth-order valence-corrected chi connectivity index (χ4v) is 2.47. The Bertz CT molecular complexity index is 790. The molecule has 3 rings (SSSR count). The van der Waals surface area contributed by atoms with E-state index < -0.39 is 0 Å². The third-order valence-electron chi connectivity index (χ3n) is 3.70. The smallest absolute Gasteiger partial charge is 0.251 e. The van der Waals surface area contributed by atoms with E-state index in [1.807, 2.05) is 44.2 Å². The molecule has 5 heteroatoms. The SMILES string of the molecule is CCC(NC(=O)c1cccc(-c2ccco2)c1)c1ncc(C)[nH]1. The van der Waals surface area contributed by atoms with Crippen LogP contribution in [0.1, 0.15) is 41.3 Å². The molecular formula is C18H19N3O2. The summed E-state index contributed by atoms with van der Waals surface area (Å²) < 4.78 is 5.38. The largest absolute Gasteiger partial charge is 0.464 e. The molecule has 0 saturated heterocycles. The molecule has 118 valence electrons. The molecule has 2 heterocycles. The van der Waals surface area contributed by atoms with Gasteiger partial charge in [0.1, 0.15) is 11.6 Å². The Labute approximate surface area is 134 Å². The molecule has 1 atom stereocenters. The lowest BCUT2D eigenvalue weighted by molar-refractivity contribution is 0.0934. The van der Waals surface area contributed by atoms with Gasteiger partial charge in [-0.3, -0.25) is 4.79 Å². The first kappa shape index (κ1) is 15.1. The van der Waals surface area contributed by atoms with Gasteiger partial charge >= 0.3 is 0 Å². The molecule has 2 aromatic heterocycles. The maximum Gasteiger partial charge on any atom is 0.251 e. The quantitative estimate of drug-likeness (QED) is 0.752. The van der Waals surface area contributed by atoms with E-state index in [1.165, 1.54) is 0 Å². The zero-order chi connectivity index (χ0) is 16.2. The highest BCUT2D eigenvalue weighted by molar-refractivity contribution is 5.95. The Hall–Kier alpha value is -2.82. The Morgan fingerprint density at radius 2 is 2.22 bits per heavy atom. The molecule has 0 spiro atoms. The Kier molecular flexibility index (Phi) is 4.28. The van der Waals surface area contributed by atoms with Crippen LogP contribution in [0.4, 0.5) is 0 Å². The number of nitrogens with zero attached hydrogens (tertiary/aromatic N) is 1. The Morgan fingerprint density at radius 1 is 1.35 bits per heavy atom. The second-order valence-electron chi connectivity index (χ2n) is 5.44. The summed E-state index contributed by atoms with van der Waals surface area (Å²) in [6.07, 6.45) is 4.15. The van der Waals surface area contributed by atoms with E-state index in [4.69, 9.17) is 4.42 Å². The van der Waals surface area contributed by atoms with Crippen molar-refractivity contribution in [2.75, 3.05) is 0 Å². The number of aromatic amines is 1. The van der Waals surface area contributed by atoms with Gasteiger partial charge in [0.15, 0.2) is 0 Å². The van der Waals surface area contributed by atoms with Crippen LogP contribution in [0.5, 0.6) is 0 Å². The minimum atomic E-state index is -0.136. The molecule has 0 aliphatic carbocycles. The van der Waals surface area contributed by atoms with Crippen molar-refractivity contribution >= 4 is 5.91 Å². The van der Waals surface area contributed by atoms with Gasteiger partial charge in [-0.25, -0.2) is 4.98 Å². The normalized spacial score (nSPS) is 12.1. The van der Waals surface area contributed by atoms with Crippen molar-refractivity contribution in [3.8, 4) is 11.3 Å². The number of aromatic nitrogens is 2.